The van der Waals surface area contributed by atoms with Crippen LogP contribution in [0.2, 0.25) is 0 Å². The molecule has 1 atom stereocenters. The van der Waals surface area contributed by atoms with Crippen LogP contribution < -0.4 is 10.0 Å². The summed E-state index contributed by atoms with van der Waals surface area (Å²) >= 11 is 0. The molecule has 22 heavy (non-hydrogen) atoms. The molecule has 0 aromatic heterocycles. The third-order valence-corrected chi connectivity index (χ3v) is 4.44. The average molecular weight is 336 g/mol. The number of alkyl halides is 3. The van der Waals surface area contributed by atoms with Crippen molar-refractivity contribution in [3.63, 3.8) is 0 Å². The number of primary sulfonamides is 1. The largest absolute Gasteiger partial charge is 0.416 e. The SMILES string of the molecule is Cc1ccc(C(F)(F)F)cc1N1CC(CS(N)(=O)=O)CC1=O. The van der Waals surface area contributed by atoms with Crippen molar-refractivity contribution in [1.29, 1.82) is 0 Å². The van der Waals surface area contributed by atoms with Gasteiger partial charge in [-0.15, -0.1) is 0 Å². The average Bonchev–Trinajstić information content (AvgIpc) is 2.66. The summed E-state index contributed by atoms with van der Waals surface area (Å²) in [6.45, 7) is 1.63. The molecule has 0 aliphatic carbocycles. The first-order valence-electron chi connectivity index (χ1n) is 6.46. The van der Waals surface area contributed by atoms with Crippen molar-refractivity contribution in [3.8, 4) is 0 Å². The van der Waals surface area contributed by atoms with Gasteiger partial charge in [-0.3, -0.25) is 4.79 Å². The molecular formula is C13H15F3N2O3S. The lowest BCUT2D eigenvalue weighted by molar-refractivity contribution is -0.137. The molecule has 0 bridgehead atoms. The van der Waals surface area contributed by atoms with Gasteiger partial charge in [0.15, 0.2) is 0 Å². The first-order valence-corrected chi connectivity index (χ1v) is 8.17. The monoisotopic (exact) mass is 336 g/mol. The Morgan fingerprint density at radius 3 is 2.55 bits per heavy atom. The Morgan fingerprint density at radius 2 is 2.00 bits per heavy atom. The molecule has 1 aromatic rings. The number of anilines is 1. The van der Waals surface area contributed by atoms with Gasteiger partial charge in [-0.1, -0.05) is 6.07 Å². The zero-order chi connectivity index (χ0) is 16.7. The summed E-state index contributed by atoms with van der Waals surface area (Å²) in [6, 6.07) is 3.15. The molecule has 1 saturated heterocycles. The van der Waals surface area contributed by atoms with Crippen molar-refractivity contribution in [3.05, 3.63) is 29.3 Å². The Hall–Kier alpha value is -1.61. The van der Waals surface area contributed by atoms with Crippen LogP contribution in [0.5, 0.6) is 0 Å². The summed E-state index contributed by atoms with van der Waals surface area (Å²) in [4.78, 5) is 13.2. The number of nitrogens with zero attached hydrogens (tertiary/aromatic N) is 1. The number of hydrogen-bond donors (Lipinski definition) is 1. The Morgan fingerprint density at radius 1 is 1.36 bits per heavy atom. The quantitative estimate of drug-likeness (QED) is 0.911. The third-order valence-electron chi connectivity index (χ3n) is 3.50. The predicted molar refractivity (Wildman–Crippen MR) is 74.6 cm³/mol. The number of amides is 1. The van der Waals surface area contributed by atoms with E-state index in [-0.39, 0.29) is 24.4 Å². The highest BCUT2D eigenvalue weighted by Gasteiger charge is 2.36. The molecule has 1 fully saturated rings. The molecular weight excluding hydrogens is 321 g/mol. The molecule has 0 saturated carbocycles. The van der Waals surface area contributed by atoms with E-state index in [1.54, 1.807) is 6.92 Å². The van der Waals surface area contributed by atoms with Gasteiger partial charge >= 0.3 is 6.18 Å². The minimum Gasteiger partial charge on any atom is -0.312 e. The van der Waals surface area contributed by atoms with E-state index in [1.165, 1.54) is 11.0 Å². The molecule has 0 radical (unpaired) electrons. The van der Waals surface area contributed by atoms with E-state index in [0.717, 1.165) is 12.1 Å². The second kappa shape index (κ2) is 5.54. The van der Waals surface area contributed by atoms with Gasteiger partial charge in [0, 0.05) is 24.6 Å². The Bertz CT molecular complexity index is 701. The number of hydrogen-bond acceptors (Lipinski definition) is 3. The smallest absolute Gasteiger partial charge is 0.312 e. The Balaban J connectivity index is 2.30. The summed E-state index contributed by atoms with van der Waals surface area (Å²) in [5, 5.41) is 4.95. The first-order chi connectivity index (χ1) is 9.97. The summed E-state index contributed by atoms with van der Waals surface area (Å²) in [5.74, 6) is -1.29. The molecule has 1 aliphatic rings. The number of carbonyl (C=O) groups excluding carboxylic acids is 1. The van der Waals surface area contributed by atoms with Crippen LogP contribution in [0.3, 0.4) is 0 Å². The fraction of sp³-hybridized carbons (Fsp3) is 0.462. The molecule has 1 aromatic carbocycles. The lowest BCUT2D eigenvalue weighted by Crippen LogP contribution is -2.28. The summed E-state index contributed by atoms with van der Waals surface area (Å²) < 4.78 is 60.5. The second-order valence-corrected chi connectivity index (χ2v) is 7.06. The van der Waals surface area contributed by atoms with Gasteiger partial charge < -0.3 is 4.90 Å². The van der Waals surface area contributed by atoms with Gasteiger partial charge in [0.2, 0.25) is 15.9 Å². The highest BCUT2D eigenvalue weighted by Crippen LogP contribution is 2.35. The van der Waals surface area contributed by atoms with E-state index in [4.69, 9.17) is 5.14 Å². The van der Waals surface area contributed by atoms with Crippen molar-refractivity contribution >= 4 is 21.6 Å². The van der Waals surface area contributed by atoms with Gasteiger partial charge in [0.05, 0.1) is 11.3 Å². The molecule has 1 amide bonds. The summed E-state index contributed by atoms with van der Waals surface area (Å²) in [5.41, 5.74) is -0.190. The molecule has 5 nitrogen and oxygen atoms in total. The standard InChI is InChI=1S/C13H15F3N2O3S/c1-8-2-3-10(13(14,15)16)5-11(8)18-6-9(4-12(18)19)7-22(17,20)21/h2-3,5,9H,4,6-7H2,1H3,(H2,17,20,21). The van der Waals surface area contributed by atoms with E-state index in [9.17, 15) is 26.4 Å². The summed E-state index contributed by atoms with van der Waals surface area (Å²) in [7, 11) is -3.74. The van der Waals surface area contributed by atoms with E-state index >= 15 is 0 Å². The molecule has 1 heterocycles. The minimum atomic E-state index is -4.51. The van der Waals surface area contributed by atoms with E-state index < -0.39 is 33.6 Å². The van der Waals surface area contributed by atoms with Gasteiger partial charge in [-0.25, -0.2) is 13.6 Å². The number of rotatable bonds is 3. The van der Waals surface area contributed by atoms with Crippen molar-refractivity contribution in [2.75, 3.05) is 17.2 Å². The van der Waals surface area contributed by atoms with Crippen LogP contribution in [0.4, 0.5) is 18.9 Å². The molecule has 2 N–H and O–H groups in total. The number of sulfonamides is 1. The van der Waals surface area contributed by atoms with Crippen molar-refractivity contribution < 1.29 is 26.4 Å². The van der Waals surface area contributed by atoms with Crippen LogP contribution in [-0.4, -0.2) is 26.6 Å². The lowest BCUT2D eigenvalue weighted by Gasteiger charge is -2.20. The zero-order valence-electron chi connectivity index (χ0n) is 11.7. The number of aryl methyl sites for hydroxylation is 1. The van der Waals surface area contributed by atoms with Crippen molar-refractivity contribution in [2.45, 2.75) is 19.5 Å². The molecule has 9 heteroatoms. The van der Waals surface area contributed by atoms with E-state index in [2.05, 4.69) is 0 Å². The molecule has 0 spiro atoms. The predicted octanol–water partition coefficient (Wildman–Crippen LogP) is 1.66. The van der Waals surface area contributed by atoms with Gasteiger partial charge in [0.25, 0.3) is 0 Å². The molecule has 1 unspecified atom stereocenters. The highest BCUT2D eigenvalue weighted by molar-refractivity contribution is 7.89. The van der Waals surface area contributed by atoms with E-state index in [0.29, 0.717) is 5.56 Å². The third kappa shape index (κ3) is 3.77. The number of carbonyl (C=O) groups is 1. The Labute approximate surface area is 125 Å². The van der Waals surface area contributed by atoms with Crippen LogP contribution >= 0.6 is 0 Å². The van der Waals surface area contributed by atoms with Gasteiger partial charge in [0.1, 0.15) is 0 Å². The zero-order valence-corrected chi connectivity index (χ0v) is 12.5. The fourth-order valence-electron chi connectivity index (χ4n) is 2.53. The molecule has 2 rings (SSSR count). The topological polar surface area (TPSA) is 80.5 Å². The lowest BCUT2D eigenvalue weighted by atomic mass is 10.1. The number of nitrogens with two attached hydrogens (primary N) is 1. The maximum Gasteiger partial charge on any atom is 0.416 e. The van der Waals surface area contributed by atoms with Crippen LogP contribution in [0.15, 0.2) is 18.2 Å². The number of benzene rings is 1. The van der Waals surface area contributed by atoms with Crippen molar-refractivity contribution in [2.24, 2.45) is 11.1 Å². The van der Waals surface area contributed by atoms with Crippen LogP contribution in [0.1, 0.15) is 17.5 Å². The Kier molecular flexibility index (Phi) is 4.22. The normalized spacial score (nSPS) is 19.8. The minimum absolute atomic E-state index is 0.0391. The highest BCUT2D eigenvalue weighted by atomic mass is 32.2. The van der Waals surface area contributed by atoms with Crippen LogP contribution in [-0.2, 0) is 21.0 Å². The molecule has 1 aliphatic heterocycles. The van der Waals surface area contributed by atoms with Crippen LogP contribution in [0.25, 0.3) is 0 Å². The second-order valence-electron chi connectivity index (χ2n) is 5.40. The first kappa shape index (κ1) is 16.8. The summed E-state index contributed by atoms with van der Waals surface area (Å²) in [6.07, 6.45) is -4.56. The van der Waals surface area contributed by atoms with E-state index in [1.807, 2.05) is 0 Å². The number of halogens is 3. The maximum absolute atomic E-state index is 12.8. The maximum atomic E-state index is 12.8. The van der Waals surface area contributed by atoms with Gasteiger partial charge in [-0.2, -0.15) is 13.2 Å². The van der Waals surface area contributed by atoms with Crippen LogP contribution in [0, 0.1) is 12.8 Å². The van der Waals surface area contributed by atoms with Gasteiger partial charge in [-0.05, 0) is 24.6 Å². The fourth-order valence-corrected chi connectivity index (χ4v) is 3.41. The molecule has 122 valence electrons. The van der Waals surface area contributed by atoms with Crippen molar-refractivity contribution in [1.82, 2.24) is 0 Å².